The van der Waals surface area contributed by atoms with Gasteiger partial charge in [0, 0.05) is 35.2 Å². The van der Waals surface area contributed by atoms with Crippen molar-refractivity contribution in [1.82, 2.24) is 19.0 Å². The predicted octanol–water partition coefficient (Wildman–Crippen LogP) is 3.75. The molecule has 9 nitrogen and oxygen atoms in total. The Labute approximate surface area is 212 Å². The summed E-state index contributed by atoms with van der Waals surface area (Å²) in [5.41, 5.74) is 1.55. The van der Waals surface area contributed by atoms with Crippen LogP contribution in [0.5, 0.6) is 5.75 Å². The van der Waals surface area contributed by atoms with Crippen molar-refractivity contribution in [3.8, 4) is 17.2 Å². The summed E-state index contributed by atoms with van der Waals surface area (Å²) in [6.45, 7) is 2.41. The Balaban J connectivity index is 1.53. The average Bonchev–Trinajstić information content (AvgIpc) is 3.20. The quantitative estimate of drug-likeness (QED) is 0.379. The first-order valence-corrected chi connectivity index (χ1v) is 13.2. The van der Waals surface area contributed by atoms with Crippen LogP contribution in [0.4, 0.5) is 0 Å². The molecule has 0 N–H and O–H groups in total. The van der Waals surface area contributed by atoms with Crippen molar-refractivity contribution >= 4 is 38.2 Å². The standard InChI is InChI=1S/C22H25BrN4O5S2/c1-25(14-17-12-18(23)6-7-20(17)30-2)15-27-22(33)32-21(24-27)16-4-3-5-19(13-16)34(28,29)26-8-10-31-11-9-26/h3-7,12-13H,8-11,14-15H2,1-2H3. The van der Waals surface area contributed by atoms with Crippen LogP contribution >= 0.6 is 28.1 Å². The summed E-state index contributed by atoms with van der Waals surface area (Å²) >= 11 is 8.86. The fourth-order valence-electron chi connectivity index (χ4n) is 3.68. The Morgan fingerprint density at radius 2 is 1.97 bits per heavy atom. The van der Waals surface area contributed by atoms with Gasteiger partial charge in [0.15, 0.2) is 0 Å². The zero-order valence-electron chi connectivity index (χ0n) is 18.8. The monoisotopic (exact) mass is 568 g/mol. The second-order valence-electron chi connectivity index (χ2n) is 7.83. The van der Waals surface area contributed by atoms with E-state index in [9.17, 15) is 8.42 Å². The lowest BCUT2D eigenvalue weighted by molar-refractivity contribution is 0.0730. The minimum Gasteiger partial charge on any atom is -0.496 e. The van der Waals surface area contributed by atoms with Gasteiger partial charge in [0.25, 0.3) is 4.84 Å². The Kier molecular flexibility index (Phi) is 7.85. The zero-order chi connectivity index (χ0) is 24.3. The molecule has 0 aliphatic carbocycles. The van der Waals surface area contributed by atoms with E-state index in [0.29, 0.717) is 45.1 Å². The third-order valence-corrected chi connectivity index (χ3v) is 8.04. The molecule has 1 aromatic heterocycles. The highest BCUT2D eigenvalue weighted by atomic mass is 79.9. The number of nitrogens with zero attached hydrogens (tertiary/aromatic N) is 4. The van der Waals surface area contributed by atoms with Crippen molar-refractivity contribution in [2.45, 2.75) is 18.1 Å². The predicted molar refractivity (Wildman–Crippen MR) is 133 cm³/mol. The van der Waals surface area contributed by atoms with Crippen LogP contribution < -0.4 is 4.74 Å². The molecule has 1 fully saturated rings. The highest BCUT2D eigenvalue weighted by molar-refractivity contribution is 9.10. The molecule has 0 amide bonds. The van der Waals surface area contributed by atoms with Crippen molar-refractivity contribution in [2.24, 2.45) is 0 Å². The molecule has 2 heterocycles. The van der Waals surface area contributed by atoms with Crippen molar-refractivity contribution in [3.05, 3.63) is 57.3 Å². The molecular weight excluding hydrogens is 544 g/mol. The van der Waals surface area contributed by atoms with Crippen molar-refractivity contribution in [1.29, 1.82) is 0 Å². The minimum absolute atomic E-state index is 0.182. The highest BCUT2D eigenvalue weighted by Gasteiger charge is 2.27. The van der Waals surface area contributed by atoms with Crippen LogP contribution in [0.1, 0.15) is 5.56 Å². The van der Waals surface area contributed by atoms with Crippen molar-refractivity contribution in [2.75, 3.05) is 40.5 Å². The van der Waals surface area contributed by atoms with Gasteiger partial charge in [-0.05, 0) is 55.7 Å². The topological polar surface area (TPSA) is 90.0 Å². The summed E-state index contributed by atoms with van der Waals surface area (Å²) in [6, 6.07) is 12.4. The molecule has 12 heteroatoms. The van der Waals surface area contributed by atoms with Crippen LogP contribution in [0, 0.1) is 4.84 Å². The number of sulfonamides is 1. The molecule has 1 saturated heterocycles. The lowest BCUT2D eigenvalue weighted by Gasteiger charge is -2.26. The van der Waals surface area contributed by atoms with Crippen LogP contribution in [0.15, 0.2) is 56.2 Å². The van der Waals surface area contributed by atoms with Gasteiger partial charge in [0.05, 0.1) is 31.9 Å². The molecule has 2 aromatic carbocycles. The zero-order valence-corrected chi connectivity index (χ0v) is 22.0. The second kappa shape index (κ2) is 10.7. The molecule has 0 unspecified atom stereocenters. The number of halogens is 1. The molecule has 0 spiro atoms. The van der Waals surface area contributed by atoms with Crippen LogP contribution in [-0.2, 0) is 28.0 Å². The number of benzene rings is 2. The van der Waals surface area contributed by atoms with Gasteiger partial charge in [0.2, 0.25) is 15.9 Å². The molecule has 0 radical (unpaired) electrons. The molecule has 1 aliphatic rings. The van der Waals surface area contributed by atoms with Gasteiger partial charge in [-0.3, -0.25) is 4.90 Å². The van der Waals surface area contributed by atoms with Crippen molar-refractivity contribution < 1.29 is 22.3 Å². The molecule has 0 atom stereocenters. The number of methoxy groups -OCH3 is 1. The molecule has 3 aromatic rings. The Morgan fingerprint density at radius 1 is 1.21 bits per heavy atom. The SMILES string of the molecule is COc1ccc(Br)cc1CN(C)Cn1nc(-c2cccc(S(=O)(=O)N3CCOCC3)c2)oc1=S. The largest absolute Gasteiger partial charge is 0.496 e. The molecule has 34 heavy (non-hydrogen) atoms. The van der Waals surface area contributed by atoms with E-state index in [0.717, 1.165) is 15.8 Å². The highest BCUT2D eigenvalue weighted by Crippen LogP contribution is 2.26. The third-order valence-electron chi connectivity index (χ3n) is 5.35. The third kappa shape index (κ3) is 5.58. The molecule has 0 bridgehead atoms. The number of morpholine rings is 1. The number of hydrogen-bond acceptors (Lipinski definition) is 8. The Hall–Kier alpha value is -2.09. The van der Waals surface area contributed by atoms with Gasteiger partial charge in [-0.1, -0.05) is 22.0 Å². The summed E-state index contributed by atoms with van der Waals surface area (Å²) in [5.74, 6) is 1.05. The summed E-state index contributed by atoms with van der Waals surface area (Å²) < 4.78 is 46.4. The van der Waals surface area contributed by atoms with Crippen molar-refractivity contribution in [3.63, 3.8) is 0 Å². The second-order valence-corrected chi connectivity index (χ2v) is 11.0. The van der Waals surface area contributed by atoms with Gasteiger partial charge < -0.3 is 13.9 Å². The normalized spacial score (nSPS) is 15.1. The van der Waals surface area contributed by atoms with E-state index in [4.69, 9.17) is 26.1 Å². The van der Waals surface area contributed by atoms with Gasteiger partial charge in [-0.15, -0.1) is 5.10 Å². The fourth-order valence-corrected chi connectivity index (χ4v) is 5.72. The van der Waals surface area contributed by atoms with Gasteiger partial charge in [-0.25, -0.2) is 13.1 Å². The first-order valence-electron chi connectivity index (χ1n) is 10.5. The van der Waals surface area contributed by atoms with E-state index in [1.54, 1.807) is 36.1 Å². The smallest absolute Gasteiger partial charge is 0.288 e. The average molecular weight is 570 g/mol. The molecule has 1 aliphatic heterocycles. The summed E-state index contributed by atoms with van der Waals surface area (Å²) in [7, 11) is -0.0570. The van der Waals surface area contributed by atoms with Crippen LogP contribution in [0.25, 0.3) is 11.5 Å². The Morgan fingerprint density at radius 3 is 2.71 bits per heavy atom. The minimum atomic E-state index is -3.63. The van der Waals surface area contributed by atoms with E-state index in [-0.39, 0.29) is 15.6 Å². The number of rotatable bonds is 8. The molecular formula is C22H25BrN4O5S2. The van der Waals surface area contributed by atoms with E-state index < -0.39 is 10.0 Å². The maximum Gasteiger partial charge on any atom is 0.288 e. The Bertz CT molecular complexity index is 1320. The molecule has 4 rings (SSSR count). The van der Waals surface area contributed by atoms with Crippen LogP contribution in [-0.4, -0.2) is 67.9 Å². The fraction of sp³-hybridized carbons (Fsp3) is 0.364. The van der Waals surface area contributed by atoms with E-state index in [1.165, 1.54) is 4.31 Å². The molecule has 0 saturated carbocycles. The first kappa shape index (κ1) is 25.0. The van der Waals surface area contributed by atoms with Crippen LogP contribution in [0.2, 0.25) is 0 Å². The maximum atomic E-state index is 13.0. The molecule has 182 valence electrons. The van der Waals surface area contributed by atoms with Gasteiger partial charge in [-0.2, -0.15) is 4.31 Å². The summed E-state index contributed by atoms with van der Waals surface area (Å²) in [6.07, 6.45) is 0. The number of aromatic nitrogens is 2. The van der Waals surface area contributed by atoms with Gasteiger partial charge >= 0.3 is 0 Å². The maximum absolute atomic E-state index is 13.0. The van der Waals surface area contributed by atoms with Crippen LogP contribution in [0.3, 0.4) is 0 Å². The van der Waals surface area contributed by atoms with E-state index >= 15 is 0 Å². The first-order chi connectivity index (χ1) is 16.3. The lowest BCUT2D eigenvalue weighted by atomic mass is 10.2. The number of ether oxygens (including phenoxy) is 2. The van der Waals surface area contributed by atoms with E-state index in [2.05, 4.69) is 21.0 Å². The van der Waals surface area contributed by atoms with E-state index in [1.807, 2.05) is 30.1 Å². The summed E-state index contributed by atoms with van der Waals surface area (Å²) in [5, 5.41) is 4.49. The number of hydrogen-bond donors (Lipinski definition) is 0. The summed E-state index contributed by atoms with van der Waals surface area (Å²) in [4.78, 5) is 2.40. The lowest BCUT2D eigenvalue weighted by Crippen LogP contribution is -2.40. The van der Waals surface area contributed by atoms with Gasteiger partial charge in [0.1, 0.15) is 5.75 Å².